The summed E-state index contributed by atoms with van der Waals surface area (Å²) in [4.78, 5) is 8.53. The number of aryl methyl sites for hydroxylation is 2. The van der Waals surface area contributed by atoms with E-state index in [1.165, 1.54) is 0 Å². The lowest BCUT2D eigenvalue weighted by Gasteiger charge is -2.09. The van der Waals surface area contributed by atoms with Crippen LogP contribution in [0, 0.1) is 6.92 Å². The molecular weight excluding hydrogens is 204 g/mol. The summed E-state index contributed by atoms with van der Waals surface area (Å²) in [7, 11) is 3.82. The number of aromatic nitrogens is 5. The first kappa shape index (κ1) is 10.8. The third kappa shape index (κ3) is 1.96. The van der Waals surface area contributed by atoms with Crippen molar-refractivity contribution in [3.05, 3.63) is 29.9 Å². The first-order valence-corrected chi connectivity index (χ1v) is 5.21. The van der Waals surface area contributed by atoms with E-state index < -0.39 is 0 Å². The number of hydrogen-bond acceptors (Lipinski definition) is 4. The largest absolute Gasteiger partial charge is 0.323 e. The van der Waals surface area contributed by atoms with Gasteiger partial charge in [0.1, 0.15) is 18.0 Å². The van der Waals surface area contributed by atoms with Crippen molar-refractivity contribution in [2.24, 2.45) is 7.05 Å². The first-order chi connectivity index (χ1) is 7.72. The predicted octanol–water partition coefficient (Wildman–Crippen LogP) is 0.0877. The summed E-state index contributed by atoms with van der Waals surface area (Å²) < 4.78 is 3.92. The summed E-state index contributed by atoms with van der Waals surface area (Å²) in [5, 5.41) is 7.19. The van der Waals surface area contributed by atoms with Gasteiger partial charge in [0.05, 0.1) is 12.2 Å². The Kier molecular flexibility index (Phi) is 3.00. The minimum absolute atomic E-state index is 0.708. The van der Waals surface area contributed by atoms with E-state index in [9.17, 15) is 0 Å². The fourth-order valence-electron chi connectivity index (χ4n) is 1.66. The third-order valence-corrected chi connectivity index (χ3v) is 2.60. The zero-order valence-corrected chi connectivity index (χ0v) is 9.80. The van der Waals surface area contributed by atoms with Crippen LogP contribution in [-0.4, -0.2) is 31.4 Å². The molecule has 0 aromatic carbocycles. The van der Waals surface area contributed by atoms with E-state index in [0.717, 1.165) is 23.9 Å². The minimum Gasteiger partial charge on any atom is -0.323 e. The van der Waals surface area contributed by atoms with Gasteiger partial charge in [-0.05, 0) is 14.0 Å². The van der Waals surface area contributed by atoms with Gasteiger partial charge in [0.2, 0.25) is 0 Å². The average Bonchev–Trinajstić information content (AvgIpc) is 2.80. The van der Waals surface area contributed by atoms with Crippen molar-refractivity contribution in [1.82, 2.24) is 29.6 Å². The molecule has 0 fully saturated rings. The smallest absolute Gasteiger partial charge is 0.146 e. The Morgan fingerprint density at radius 2 is 2.19 bits per heavy atom. The molecule has 0 saturated carbocycles. The van der Waals surface area contributed by atoms with Crippen LogP contribution in [0.15, 0.2) is 12.5 Å². The van der Waals surface area contributed by atoms with Crippen LogP contribution in [0.4, 0.5) is 0 Å². The van der Waals surface area contributed by atoms with Crippen LogP contribution in [-0.2, 0) is 20.1 Å². The van der Waals surface area contributed by atoms with E-state index in [-0.39, 0.29) is 0 Å². The molecule has 0 aliphatic rings. The van der Waals surface area contributed by atoms with E-state index in [4.69, 9.17) is 0 Å². The van der Waals surface area contributed by atoms with Crippen molar-refractivity contribution in [3.8, 4) is 0 Å². The summed E-state index contributed by atoms with van der Waals surface area (Å²) in [5.41, 5.74) is 1.16. The molecule has 0 spiro atoms. The fourth-order valence-corrected chi connectivity index (χ4v) is 1.66. The molecule has 2 rings (SSSR count). The Bertz CT molecular complexity index is 469. The number of imidazole rings is 1. The molecule has 6 heteroatoms. The van der Waals surface area contributed by atoms with Crippen LogP contribution < -0.4 is 5.32 Å². The number of nitrogens with zero attached hydrogens (tertiary/aromatic N) is 5. The van der Waals surface area contributed by atoms with Gasteiger partial charge >= 0.3 is 0 Å². The van der Waals surface area contributed by atoms with Crippen LogP contribution in [0.2, 0.25) is 0 Å². The Hall–Kier alpha value is -1.69. The van der Waals surface area contributed by atoms with Crippen LogP contribution in [0.3, 0.4) is 0 Å². The first-order valence-electron chi connectivity index (χ1n) is 5.21. The second kappa shape index (κ2) is 4.44. The Morgan fingerprint density at radius 1 is 1.38 bits per heavy atom. The van der Waals surface area contributed by atoms with E-state index in [2.05, 4.69) is 25.0 Å². The number of hydrogen-bond donors (Lipinski definition) is 1. The molecule has 0 atom stereocenters. The maximum atomic E-state index is 4.31. The van der Waals surface area contributed by atoms with Crippen LogP contribution in [0.5, 0.6) is 0 Å². The van der Waals surface area contributed by atoms with Crippen LogP contribution in [0.25, 0.3) is 0 Å². The minimum atomic E-state index is 0.708. The van der Waals surface area contributed by atoms with E-state index in [1.807, 2.05) is 27.2 Å². The SMILES string of the molecule is CNCc1cnc(C)n1Cc1ncnn1C. The van der Waals surface area contributed by atoms with Gasteiger partial charge in [0.15, 0.2) is 0 Å². The molecule has 0 saturated heterocycles. The highest BCUT2D eigenvalue weighted by molar-refractivity contribution is 5.06. The van der Waals surface area contributed by atoms with Gasteiger partial charge in [0, 0.05) is 19.8 Å². The summed E-state index contributed by atoms with van der Waals surface area (Å²) >= 11 is 0. The second-order valence-electron chi connectivity index (χ2n) is 3.71. The Morgan fingerprint density at radius 3 is 2.81 bits per heavy atom. The quantitative estimate of drug-likeness (QED) is 0.793. The highest BCUT2D eigenvalue weighted by Crippen LogP contribution is 2.07. The standard InChI is InChI=1S/C10H16N6/c1-8-12-5-9(4-11-2)16(8)6-10-13-7-14-15(10)3/h5,7,11H,4,6H2,1-3H3. The summed E-state index contributed by atoms with van der Waals surface area (Å²) in [6, 6.07) is 0. The normalized spacial score (nSPS) is 10.9. The van der Waals surface area contributed by atoms with Gasteiger partial charge in [-0.25, -0.2) is 9.97 Å². The predicted molar refractivity (Wildman–Crippen MR) is 59.8 cm³/mol. The van der Waals surface area contributed by atoms with E-state index in [0.29, 0.717) is 6.54 Å². The molecular formula is C10H16N6. The molecule has 86 valence electrons. The average molecular weight is 220 g/mol. The van der Waals surface area contributed by atoms with Crippen molar-refractivity contribution in [2.45, 2.75) is 20.0 Å². The molecule has 0 bridgehead atoms. The summed E-state index contributed by atoms with van der Waals surface area (Å²) in [5.74, 6) is 1.92. The highest BCUT2D eigenvalue weighted by Gasteiger charge is 2.09. The van der Waals surface area contributed by atoms with E-state index in [1.54, 1.807) is 11.0 Å². The van der Waals surface area contributed by atoms with Gasteiger partial charge in [-0.1, -0.05) is 0 Å². The van der Waals surface area contributed by atoms with Gasteiger partial charge < -0.3 is 9.88 Å². The number of nitrogens with one attached hydrogen (secondary N) is 1. The van der Waals surface area contributed by atoms with Crippen molar-refractivity contribution < 1.29 is 0 Å². The molecule has 1 N–H and O–H groups in total. The zero-order valence-electron chi connectivity index (χ0n) is 9.80. The molecule has 0 aliphatic heterocycles. The van der Waals surface area contributed by atoms with Gasteiger partial charge in [0.25, 0.3) is 0 Å². The molecule has 2 aromatic rings. The van der Waals surface area contributed by atoms with Gasteiger partial charge in [-0.15, -0.1) is 0 Å². The molecule has 0 unspecified atom stereocenters. The lowest BCUT2D eigenvalue weighted by molar-refractivity contribution is 0.613. The monoisotopic (exact) mass is 220 g/mol. The number of rotatable bonds is 4. The Balaban J connectivity index is 2.26. The van der Waals surface area contributed by atoms with Crippen molar-refractivity contribution in [1.29, 1.82) is 0 Å². The van der Waals surface area contributed by atoms with Crippen LogP contribution in [0.1, 0.15) is 17.3 Å². The lowest BCUT2D eigenvalue weighted by Crippen LogP contribution is -2.15. The van der Waals surface area contributed by atoms with Crippen LogP contribution >= 0.6 is 0 Å². The molecule has 2 heterocycles. The lowest BCUT2D eigenvalue weighted by atomic mass is 10.4. The molecule has 16 heavy (non-hydrogen) atoms. The van der Waals surface area contributed by atoms with Gasteiger partial charge in [-0.3, -0.25) is 4.68 Å². The topological polar surface area (TPSA) is 60.6 Å². The maximum Gasteiger partial charge on any atom is 0.146 e. The molecule has 6 nitrogen and oxygen atoms in total. The fraction of sp³-hybridized carbons (Fsp3) is 0.500. The molecule has 0 aliphatic carbocycles. The summed E-state index contributed by atoms with van der Waals surface area (Å²) in [6.07, 6.45) is 3.46. The Labute approximate surface area is 94.3 Å². The maximum absolute atomic E-state index is 4.31. The third-order valence-electron chi connectivity index (χ3n) is 2.60. The van der Waals surface area contributed by atoms with Gasteiger partial charge in [-0.2, -0.15) is 5.10 Å². The van der Waals surface area contributed by atoms with Crippen molar-refractivity contribution in [2.75, 3.05) is 7.05 Å². The second-order valence-corrected chi connectivity index (χ2v) is 3.71. The molecule has 0 radical (unpaired) electrons. The van der Waals surface area contributed by atoms with Crippen molar-refractivity contribution in [3.63, 3.8) is 0 Å². The zero-order chi connectivity index (χ0) is 11.5. The summed E-state index contributed by atoms with van der Waals surface area (Å²) in [6.45, 7) is 3.51. The van der Waals surface area contributed by atoms with E-state index >= 15 is 0 Å². The van der Waals surface area contributed by atoms with Crippen molar-refractivity contribution >= 4 is 0 Å². The highest BCUT2D eigenvalue weighted by atomic mass is 15.3. The molecule has 0 amide bonds. The molecule has 2 aromatic heterocycles.